The third-order valence-corrected chi connectivity index (χ3v) is 2.21. The predicted octanol–water partition coefficient (Wildman–Crippen LogP) is 1.88. The third kappa shape index (κ3) is 3.94. The number of carbonyl (C=O) groups excluding carboxylic acids is 1. The first kappa shape index (κ1) is 13.3. The van der Waals surface area contributed by atoms with Crippen LogP contribution >= 0.6 is 0 Å². The Kier molecular flexibility index (Phi) is 4.75. The van der Waals surface area contributed by atoms with Crippen molar-refractivity contribution in [2.75, 3.05) is 19.5 Å². The molecule has 5 heteroatoms. The Bertz CT molecular complexity index is 391. The monoisotopic (exact) mass is 238 g/mol. The highest BCUT2D eigenvalue weighted by Crippen LogP contribution is 2.19. The van der Waals surface area contributed by atoms with E-state index in [1.165, 1.54) is 19.4 Å². The summed E-state index contributed by atoms with van der Waals surface area (Å²) < 4.78 is 10.1. The first-order valence-corrected chi connectivity index (χ1v) is 5.51. The fraction of sp³-hybridized carbons (Fsp3) is 0.500. The molecule has 1 aromatic rings. The van der Waals surface area contributed by atoms with Gasteiger partial charge in [-0.15, -0.1) is 0 Å². The number of pyridine rings is 1. The average molecular weight is 238 g/mol. The van der Waals surface area contributed by atoms with E-state index in [1.807, 2.05) is 0 Å². The molecule has 0 unspecified atom stereocenters. The number of nitrogens with two attached hydrogens (primary N) is 1. The number of nitrogens with zero attached hydrogens (tertiary/aromatic N) is 1. The zero-order valence-corrected chi connectivity index (χ0v) is 10.4. The number of nitrogen functional groups attached to an aromatic ring is 1. The summed E-state index contributed by atoms with van der Waals surface area (Å²) in [6.07, 6.45) is 2.35. The van der Waals surface area contributed by atoms with Gasteiger partial charge in [-0.05, 0) is 18.4 Å². The van der Waals surface area contributed by atoms with Crippen molar-refractivity contribution in [2.24, 2.45) is 5.92 Å². The molecule has 0 spiro atoms. The molecule has 0 amide bonds. The molecule has 2 N–H and O–H groups in total. The minimum Gasteiger partial charge on any atom is -0.477 e. The van der Waals surface area contributed by atoms with Crippen LogP contribution in [0, 0.1) is 5.92 Å². The second-order valence-electron chi connectivity index (χ2n) is 4.14. The van der Waals surface area contributed by atoms with Crippen molar-refractivity contribution in [2.45, 2.75) is 20.3 Å². The number of esters is 1. The van der Waals surface area contributed by atoms with Gasteiger partial charge in [-0.1, -0.05) is 13.8 Å². The van der Waals surface area contributed by atoms with Gasteiger partial charge in [0, 0.05) is 0 Å². The highest BCUT2D eigenvalue weighted by atomic mass is 16.5. The molecule has 5 nitrogen and oxygen atoms in total. The van der Waals surface area contributed by atoms with Crippen LogP contribution in [0.1, 0.15) is 30.6 Å². The smallest absolute Gasteiger partial charge is 0.343 e. The van der Waals surface area contributed by atoms with Gasteiger partial charge in [-0.2, -0.15) is 0 Å². The molecule has 1 aromatic heterocycles. The molecule has 17 heavy (non-hydrogen) atoms. The Morgan fingerprint density at radius 1 is 1.53 bits per heavy atom. The first-order valence-electron chi connectivity index (χ1n) is 5.51. The topological polar surface area (TPSA) is 74.4 Å². The maximum Gasteiger partial charge on any atom is 0.343 e. The number of aromatic nitrogens is 1. The lowest BCUT2D eigenvalue weighted by atomic mass is 10.1. The van der Waals surface area contributed by atoms with E-state index >= 15 is 0 Å². The van der Waals surface area contributed by atoms with Crippen LogP contribution in [0.2, 0.25) is 0 Å². The van der Waals surface area contributed by atoms with Crippen molar-refractivity contribution in [1.29, 1.82) is 0 Å². The van der Waals surface area contributed by atoms with Gasteiger partial charge in [0.1, 0.15) is 5.56 Å². The minimum absolute atomic E-state index is 0.260. The normalized spacial score (nSPS) is 10.4. The van der Waals surface area contributed by atoms with Crippen molar-refractivity contribution in [3.8, 4) is 5.88 Å². The van der Waals surface area contributed by atoms with Gasteiger partial charge in [0.25, 0.3) is 0 Å². The van der Waals surface area contributed by atoms with Gasteiger partial charge in [0.05, 0.1) is 25.6 Å². The van der Waals surface area contributed by atoms with Crippen molar-refractivity contribution < 1.29 is 14.3 Å². The Morgan fingerprint density at radius 3 is 2.82 bits per heavy atom. The maximum atomic E-state index is 11.5. The number of methoxy groups -OCH3 is 1. The number of anilines is 1. The summed E-state index contributed by atoms with van der Waals surface area (Å²) in [5.74, 6) is 0.307. The summed E-state index contributed by atoms with van der Waals surface area (Å²) in [5.41, 5.74) is 6.24. The van der Waals surface area contributed by atoms with Crippen LogP contribution in [0.25, 0.3) is 0 Å². The number of hydrogen-bond acceptors (Lipinski definition) is 5. The molecule has 0 saturated carbocycles. The molecule has 0 aliphatic heterocycles. The Labute approximate surface area is 101 Å². The SMILES string of the molecule is COC(=O)c1cc(N)cnc1OCCC(C)C. The average Bonchev–Trinajstić information content (AvgIpc) is 2.29. The molecule has 0 fully saturated rings. The van der Waals surface area contributed by atoms with Crippen LogP contribution < -0.4 is 10.5 Å². The standard InChI is InChI=1S/C12H18N2O3/c1-8(2)4-5-17-11-10(12(15)16-3)6-9(13)7-14-11/h6-8H,4-5,13H2,1-3H3. The zero-order valence-electron chi connectivity index (χ0n) is 10.4. The van der Waals surface area contributed by atoms with Crippen molar-refractivity contribution in [1.82, 2.24) is 4.98 Å². The van der Waals surface area contributed by atoms with Crippen molar-refractivity contribution >= 4 is 11.7 Å². The maximum absolute atomic E-state index is 11.5. The van der Waals surface area contributed by atoms with Crippen LogP contribution in [0.15, 0.2) is 12.3 Å². The van der Waals surface area contributed by atoms with Crippen LogP contribution in [0.4, 0.5) is 5.69 Å². The first-order chi connectivity index (χ1) is 8.04. The summed E-state index contributed by atoms with van der Waals surface area (Å²) >= 11 is 0. The molecule has 0 saturated heterocycles. The van der Waals surface area contributed by atoms with E-state index in [1.54, 1.807) is 0 Å². The number of rotatable bonds is 5. The molecule has 1 rings (SSSR count). The molecular weight excluding hydrogens is 220 g/mol. The van der Waals surface area contributed by atoms with Crippen molar-refractivity contribution in [3.05, 3.63) is 17.8 Å². The van der Waals surface area contributed by atoms with E-state index in [4.69, 9.17) is 10.5 Å². The van der Waals surface area contributed by atoms with Crippen LogP contribution in [0.5, 0.6) is 5.88 Å². The summed E-state index contributed by atoms with van der Waals surface area (Å²) in [6.45, 7) is 4.71. The van der Waals surface area contributed by atoms with Crippen LogP contribution in [0.3, 0.4) is 0 Å². The molecule has 1 heterocycles. The highest BCUT2D eigenvalue weighted by Gasteiger charge is 2.15. The zero-order chi connectivity index (χ0) is 12.8. The van der Waals surface area contributed by atoms with Crippen LogP contribution in [-0.2, 0) is 4.74 Å². The molecule has 0 aliphatic carbocycles. The molecular formula is C12H18N2O3. The Balaban J connectivity index is 2.79. The number of hydrogen-bond donors (Lipinski definition) is 1. The van der Waals surface area contributed by atoms with Gasteiger partial charge >= 0.3 is 5.97 Å². The van der Waals surface area contributed by atoms with Gasteiger partial charge < -0.3 is 15.2 Å². The molecule has 0 atom stereocenters. The quantitative estimate of drug-likeness (QED) is 0.793. The molecule has 0 radical (unpaired) electrons. The third-order valence-electron chi connectivity index (χ3n) is 2.21. The van der Waals surface area contributed by atoms with E-state index in [9.17, 15) is 4.79 Å². The lowest BCUT2D eigenvalue weighted by molar-refractivity contribution is 0.0595. The van der Waals surface area contributed by atoms with Gasteiger partial charge in [0.15, 0.2) is 0 Å². The molecule has 0 aliphatic rings. The van der Waals surface area contributed by atoms with Gasteiger partial charge in [-0.3, -0.25) is 0 Å². The van der Waals surface area contributed by atoms with E-state index in [-0.39, 0.29) is 11.4 Å². The summed E-state index contributed by atoms with van der Waals surface area (Å²) in [6, 6.07) is 1.50. The largest absolute Gasteiger partial charge is 0.477 e. The summed E-state index contributed by atoms with van der Waals surface area (Å²) in [7, 11) is 1.31. The minimum atomic E-state index is -0.496. The van der Waals surface area contributed by atoms with E-state index in [0.29, 0.717) is 18.2 Å². The van der Waals surface area contributed by atoms with Crippen LogP contribution in [-0.4, -0.2) is 24.7 Å². The second-order valence-corrected chi connectivity index (χ2v) is 4.14. The highest BCUT2D eigenvalue weighted by molar-refractivity contribution is 5.92. The van der Waals surface area contributed by atoms with E-state index in [0.717, 1.165) is 6.42 Å². The summed E-state index contributed by atoms with van der Waals surface area (Å²) in [4.78, 5) is 15.5. The fourth-order valence-electron chi connectivity index (χ4n) is 1.23. The van der Waals surface area contributed by atoms with Gasteiger partial charge in [0.2, 0.25) is 5.88 Å². The second kappa shape index (κ2) is 6.08. The van der Waals surface area contributed by atoms with E-state index < -0.39 is 5.97 Å². The Hall–Kier alpha value is -1.78. The molecule has 0 aromatic carbocycles. The van der Waals surface area contributed by atoms with E-state index in [2.05, 4.69) is 23.6 Å². The predicted molar refractivity (Wildman–Crippen MR) is 64.9 cm³/mol. The number of ether oxygens (including phenoxy) is 2. The molecule has 94 valence electrons. The van der Waals surface area contributed by atoms with Crippen molar-refractivity contribution in [3.63, 3.8) is 0 Å². The van der Waals surface area contributed by atoms with Gasteiger partial charge in [-0.25, -0.2) is 9.78 Å². The fourth-order valence-corrected chi connectivity index (χ4v) is 1.23. The lowest BCUT2D eigenvalue weighted by Crippen LogP contribution is -2.10. The lowest BCUT2D eigenvalue weighted by Gasteiger charge is -2.10. The summed E-state index contributed by atoms with van der Waals surface area (Å²) in [5, 5.41) is 0. The number of carbonyl (C=O) groups is 1. The molecule has 0 bridgehead atoms. The Morgan fingerprint density at radius 2 is 2.24 bits per heavy atom.